The Labute approximate surface area is 108 Å². The molecule has 1 N–H and O–H groups in total. The van der Waals surface area contributed by atoms with Gasteiger partial charge < -0.3 is 14.6 Å². The zero-order valence-electron chi connectivity index (χ0n) is 9.62. The highest BCUT2D eigenvalue weighted by Crippen LogP contribution is 2.41. The van der Waals surface area contributed by atoms with Gasteiger partial charge in [0.25, 0.3) is 0 Å². The summed E-state index contributed by atoms with van der Waals surface area (Å²) in [6.07, 6.45) is 0.442. The molecule has 17 heavy (non-hydrogen) atoms. The van der Waals surface area contributed by atoms with Crippen LogP contribution in [0.3, 0.4) is 0 Å². The molecule has 0 fully saturated rings. The molecule has 2 rings (SSSR count). The Kier molecular flexibility index (Phi) is 3.03. The van der Waals surface area contributed by atoms with E-state index in [1.807, 2.05) is 12.1 Å². The van der Waals surface area contributed by atoms with E-state index >= 15 is 0 Å². The minimum absolute atomic E-state index is 0.208. The van der Waals surface area contributed by atoms with Crippen LogP contribution < -0.4 is 9.47 Å². The second-order valence-corrected chi connectivity index (χ2v) is 5.53. The van der Waals surface area contributed by atoms with Crippen molar-refractivity contribution < 1.29 is 19.4 Å². The molecule has 92 valence electrons. The van der Waals surface area contributed by atoms with E-state index in [0.29, 0.717) is 17.9 Å². The van der Waals surface area contributed by atoms with Crippen molar-refractivity contribution in [1.82, 2.24) is 0 Å². The van der Waals surface area contributed by atoms with Crippen molar-refractivity contribution in [2.24, 2.45) is 5.41 Å². The third kappa shape index (κ3) is 2.39. The Morgan fingerprint density at radius 2 is 2.18 bits per heavy atom. The molecule has 0 atom stereocenters. The number of ether oxygens (including phenoxy) is 2. The lowest BCUT2D eigenvalue weighted by atomic mass is 9.86. The van der Waals surface area contributed by atoms with Crippen LogP contribution in [-0.2, 0) is 11.2 Å². The van der Waals surface area contributed by atoms with Gasteiger partial charge >= 0.3 is 5.97 Å². The predicted molar refractivity (Wildman–Crippen MR) is 65.4 cm³/mol. The summed E-state index contributed by atoms with van der Waals surface area (Å²) in [7, 11) is 0. The highest BCUT2D eigenvalue weighted by atomic mass is 79.9. The fourth-order valence-corrected chi connectivity index (χ4v) is 2.31. The van der Waals surface area contributed by atoms with Gasteiger partial charge in [0.15, 0.2) is 11.5 Å². The van der Waals surface area contributed by atoms with Gasteiger partial charge in [-0.3, -0.25) is 4.79 Å². The van der Waals surface area contributed by atoms with Crippen LogP contribution in [-0.4, -0.2) is 17.9 Å². The number of rotatable bonds is 3. The number of carbonyl (C=O) groups is 1. The number of hydrogen-bond acceptors (Lipinski definition) is 3. The van der Waals surface area contributed by atoms with Crippen molar-refractivity contribution in [3.05, 3.63) is 22.2 Å². The Morgan fingerprint density at radius 3 is 2.82 bits per heavy atom. The Hall–Kier alpha value is -1.23. The zero-order chi connectivity index (χ0) is 12.6. The first-order valence-corrected chi connectivity index (χ1v) is 6.01. The van der Waals surface area contributed by atoms with E-state index in [9.17, 15) is 4.79 Å². The van der Waals surface area contributed by atoms with Crippen molar-refractivity contribution >= 4 is 21.9 Å². The third-order valence-electron chi connectivity index (χ3n) is 2.71. The highest BCUT2D eigenvalue weighted by molar-refractivity contribution is 9.10. The molecule has 0 unspecified atom stereocenters. The Morgan fingerprint density at radius 1 is 1.47 bits per heavy atom. The fourth-order valence-electron chi connectivity index (χ4n) is 1.71. The van der Waals surface area contributed by atoms with Crippen molar-refractivity contribution in [3.63, 3.8) is 0 Å². The van der Waals surface area contributed by atoms with E-state index in [4.69, 9.17) is 14.6 Å². The van der Waals surface area contributed by atoms with E-state index < -0.39 is 11.4 Å². The molecule has 1 aromatic rings. The molecule has 0 amide bonds. The average Bonchev–Trinajstić information content (AvgIpc) is 2.64. The third-order valence-corrected chi connectivity index (χ3v) is 3.30. The minimum atomic E-state index is -0.814. The molecule has 0 aromatic heterocycles. The number of carboxylic acid groups (broad SMARTS) is 1. The molecule has 4 nitrogen and oxygen atoms in total. The van der Waals surface area contributed by atoms with Crippen molar-refractivity contribution in [2.75, 3.05) is 6.79 Å². The molecule has 1 aromatic carbocycles. The smallest absolute Gasteiger partial charge is 0.309 e. The number of fused-ring (bicyclic) bond motifs is 1. The quantitative estimate of drug-likeness (QED) is 0.932. The van der Waals surface area contributed by atoms with Crippen molar-refractivity contribution in [1.29, 1.82) is 0 Å². The van der Waals surface area contributed by atoms with Gasteiger partial charge in [0.1, 0.15) is 0 Å². The second-order valence-electron chi connectivity index (χ2n) is 4.68. The largest absolute Gasteiger partial charge is 0.481 e. The SMILES string of the molecule is CC(C)(Cc1cc(Br)c2c(c1)OCO2)C(=O)O. The summed E-state index contributed by atoms with van der Waals surface area (Å²) in [5, 5.41) is 9.10. The van der Waals surface area contributed by atoms with E-state index in [-0.39, 0.29) is 6.79 Å². The summed E-state index contributed by atoms with van der Waals surface area (Å²) in [5.41, 5.74) is 0.112. The molecular weight excluding hydrogens is 288 g/mol. The molecule has 0 bridgehead atoms. The number of aliphatic carboxylic acids is 1. The molecular formula is C12H13BrO4. The van der Waals surface area contributed by atoms with Crippen LogP contribution >= 0.6 is 15.9 Å². The Bertz CT molecular complexity index is 468. The monoisotopic (exact) mass is 300 g/mol. The lowest BCUT2D eigenvalue weighted by Gasteiger charge is -2.19. The van der Waals surface area contributed by atoms with Gasteiger partial charge in [0.05, 0.1) is 9.89 Å². The summed E-state index contributed by atoms with van der Waals surface area (Å²) < 4.78 is 11.4. The van der Waals surface area contributed by atoms with Crippen LogP contribution in [0.15, 0.2) is 16.6 Å². The predicted octanol–water partition coefficient (Wildman–Crippen LogP) is 2.83. The van der Waals surface area contributed by atoms with Gasteiger partial charge in [-0.15, -0.1) is 0 Å². The normalized spacial score (nSPS) is 13.8. The Balaban J connectivity index is 2.29. The van der Waals surface area contributed by atoms with Crippen molar-refractivity contribution in [3.8, 4) is 11.5 Å². The van der Waals surface area contributed by atoms with Gasteiger partial charge in [-0.25, -0.2) is 0 Å². The molecule has 1 heterocycles. The maximum atomic E-state index is 11.1. The maximum Gasteiger partial charge on any atom is 0.309 e. The number of carboxylic acids is 1. The molecule has 0 saturated carbocycles. The summed E-state index contributed by atoms with van der Waals surface area (Å²) in [5.74, 6) is 0.531. The fraction of sp³-hybridized carbons (Fsp3) is 0.417. The van der Waals surface area contributed by atoms with E-state index in [1.54, 1.807) is 13.8 Å². The second kappa shape index (κ2) is 4.22. The lowest BCUT2D eigenvalue weighted by molar-refractivity contribution is -0.146. The lowest BCUT2D eigenvalue weighted by Crippen LogP contribution is -2.26. The summed E-state index contributed by atoms with van der Waals surface area (Å²) in [6.45, 7) is 3.61. The summed E-state index contributed by atoms with van der Waals surface area (Å²) >= 11 is 3.39. The van der Waals surface area contributed by atoms with Gasteiger partial charge in [0, 0.05) is 0 Å². The number of hydrogen-bond donors (Lipinski definition) is 1. The first-order valence-electron chi connectivity index (χ1n) is 5.21. The highest BCUT2D eigenvalue weighted by Gasteiger charge is 2.28. The van der Waals surface area contributed by atoms with Crippen LogP contribution in [0.4, 0.5) is 0 Å². The summed E-state index contributed by atoms with van der Waals surface area (Å²) in [6, 6.07) is 3.70. The maximum absolute atomic E-state index is 11.1. The van der Waals surface area contributed by atoms with Crippen LogP contribution in [0.25, 0.3) is 0 Å². The van der Waals surface area contributed by atoms with Gasteiger partial charge in [0.2, 0.25) is 6.79 Å². The number of halogens is 1. The molecule has 1 aliphatic heterocycles. The first kappa shape index (κ1) is 12.2. The van der Waals surface area contributed by atoms with Crippen LogP contribution in [0.5, 0.6) is 11.5 Å². The summed E-state index contributed by atoms with van der Waals surface area (Å²) in [4.78, 5) is 11.1. The topological polar surface area (TPSA) is 55.8 Å². The van der Waals surface area contributed by atoms with Crippen molar-refractivity contribution in [2.45, 2.75) is 20.3 Å². The minimum Gasteiger partial charge on any atom is -0.481 e. The molecule has 5 heteroatoms. The zero-order valence-corrected chi connectivity index (χ0v) is 11.2. The van der Waals surface area contributed by atoms with Crippen LogP contribution in [0.1, 0.15) is 19.4 Å². The molecule has 0 aliphatic carbocycles. The van der Waals surface area contributed by atoms with E-state index in [1.165, 1.54) is 0 Å². The van der Waals surface area contributed by atoms with Crippen LogP contribution in [0.2, 0.25) is 0 Å². The molecule has 0 spiro atoms. The van der Waals surface area contributed by atoms with Gasteiger partial charge in [-0.1, -0.05) is 0 Å². The van der Waals surface area contributed by atoms with Gasteiger partial charge in [-0.2, -0.15) is 0 Å². The van der Waals surface area contributed by atoms with E-state index in [2.05, 4.69) is 15.9 Å². The van der Waals surface area contributed by atoms with E-state index in [0.717, 1.165) is 10.0 Å². The molecule has 0 radical (unpaired) electrons. The molecule has 1 aliphatic rings. The van der Waals surface area contributed by atoms with Crippen LogP contribution in [0, 0.1) is 5.41 Å². The number of benzene rings is 1. The molecule has 0 saturated heterocycles. The standard InChI is InChI=1S/C12H13BrO4/c1-12(2,11(14)15)5-7-3-8(13)10-9(4-7)16-6-17-10/h3-4H,5-6H2,1-2H3,(H,14,15). The average molecular weight is 301 g/mol. The van der Waals surface area contributed by atoms with Gasteiger partial charge in [-0.05, 0) is 53.9 Å². The first-order chi connectivity index (χ1) is 7.90.